The van der Waals surface area contributed by atoms with Gasteiger partial charge in [-0.2, -0.15) is 13.2 Å². The fraction of sp³-hybridized carbons (Fsp3) is 0.588. The Bertz CT molecular complexity index is 532. The fourth-order valence-electron chi connectivity index (χ4n) is 2.80. The van der Waals surface area contributed by atoms with Crippen LogP contribution in [-0.4, -0.2) is 43.2 Å². The van der Waals surface area contributed by atoms with Crippen molar-refractivity contribution in [2.24, 2.45) is 5.92 Å². The molecule has 24 heavy (non-hydrogen) atoms. The third-order valence-corrected chi connectivity index (χ3v) is 4.00. The van der Waals surface area contributed by atoms with Gasteiger partial charge in [-0.3, -0.25) is 4.79 Å². The van der Waals surface area contributed by atoms with E-state index in [9.17, 15) is 18.0 Å². The van der Waals surface area contributed by atoms with Gasteiger partial charge in [-0.05, 0) is 56.0 Å². The van der Waals surface area contributed by atoms with Crippen LogP contribution in [0.5, 0.6) is 5.75 Å². The molecule has 0 saturated carbocycles. The molecule has 1 heterocycles. The molecule has 0 bridgehead atoms. The van der Waals surface area contributed by atoms with Crippen molar-refractivity contribution >= 4 is 11.6 Å². The molecule has 0 aromatic heterocycles. The molecule has 7 heteroatoms. The number of piperidine rings is 1. The molecule has 1 amide bonds. The van der Waals surface area contributed by atoms with Crippen molar-refractivity contribution in [2.45, 2.75) is 32.4 Å². The van der Waals surface area contributed by atoms with E-state index in [-0.39, 0.29) is 5.69 Å². The smallest absolute Gasteiger partial charge is 0.471 e. The van der Waals surface area contributed by atoms with E-state index in [0.717, 1.165) is 32.0 Å². The van der Waals surface area contributed by atoms with E-state index in [0.29, 0.717) is 12.4 Å². The highest BCUT2D eigenvalue weighted by molar-refractivity contribution is 5.94. The largest absolute Gasteiger partial charge is 0.494 e. The molecule has 1 aliphatic rings. The number of carbonyl (C=O) groups is 1. The summed E-state index contributed by atoms with van der Waals surface area (Å²) in [6, 6.07) is 5.89. The number of amides is 1. The number of benzene rings is 1. The average Bonchev–Trinajstić information content (AvgIpc) is 2.52. The van der Waals surface area contributed by atoms with Crippen molar-refractivity contribution in [1.82, 2.24) is 4.90 Å². The molecule has 1 saturated heterocycles. The van der Waals surface area contributed by atoms with Gasteiger partial charge < -0.3 is 15.0 Å². The summed E-state index contributed by atoms with van der Waals surface area (Å²) < 4.78 is 42.1. The Hall–Kier alpha value is -1.76. The van der Waals surface area contributed by atoms with E-state index >= 15 is 0 Å². The number of nitrogens with one attached hydrogen (secondary N) is 1. The summed E-state index contributed by atoms with van der Waals surface area (Å²) in [5.41, 5.74) is 0.0898. The third kappa shape index (κ3) is 6.03. The highest BCUT2D eigenvalue weighted by Gasteiger charge is 2.38. The summed E-state index contributed by atoms with van der Waals surface area (Å²) in [5.74, 6) is -0.655. The minimum Gasteiger partial charge on any atom is -0.494 e. The highest BCUT2D eigenvalue weighted by atomic mass is 19.4. The molecule has 134 valence electrons. The topological polar surface area (TPSA) is 41.6 Å². The van der Waals surface area contributed by atoms with Crippen molar-refractivity contribution in [3.05, 3.63) is 24.3 Å². The Kier molecular flexibility index (Phi) is 6.48. The summed E-state index contributed by atoms with van der Waals surface area (Å²) in [6.45, 7) is 6.08. The van der Waals surface area contributed by atoms with Crippen LogP contribution in [0, 0.1) is 5.92 Å². The first-order valence-corrected chi connectivity index (χ1v) is 8.18. The number of ether oxygens (including phenoxy) is 1. The van der Waals surface area contributed by atoms with Crippen molar-refractivity contribution in [3.8, 4) is 5.75 Å². The van der Waals surface area contributed by atoms with Crippen LogP contribution in [0.15, 0.2) is 24.3 Å². The lowest BCUT2D eigenvalue weighted by Crippen LogP contribution is -2.35. The number of halogens is 3. The minimum absolute atomic E-state index is 0.0898. The number of rotatable bonds is 6. The molecule has 2 rings (SSSR count). The normalized spacial score (nSPS) is 19.1. The van der Waals surface area contributed by atoms with Gasteiger partial charge in [0.25, 0.3) is 0 Å². The Balaban J connectivity index is 1.69. The third-order valence-electron chi connectivity index (χ3n) is 4.00. The van der Waals surface area contributed by atoms with Gasteiger partial charge in [-0.15, -0.1) is 0 Å². The van der Waals surface area contributed by atoms with Crippen LogP contribution >= 0.6 is 0 Å². The SMILES string of the molecule is C[C@@H]1CCCN(CCCOc2ccc(NC(=O)C(F)(F)F)cc2)C1. The monoisotopic (exact) mass is 344 g/mol. The van der Waals surface area contributed by atoms with E-state index < -0.39 is 12.1 Å². The molecular weight excluding hydrogens is 321 g/mol. The lowest BCUT2D eigenvalue weighted by atomic mass is 10.0. The Morgan fingerprint density at radius 2 is 2.04 bits per heavy atom. The Labute approximate surface area is 140 Å². The predicted octanol–water partition coefficient (Wildman–Crippen LogP) is 3.69. The molecule has 1 aliphatic heterocycles. The Morgan fingerprint density at radius 1 is 1.33 bits per heavy atom. The maximum Gasteiger partial charge on any atom is 0.471 e. The number of nitrogens with zero attached hydrogens (tertiary/aromatic N) is 1. The fourth-order valence-corrected chi connectivity index (χ4v) is 2.80. The first kappa shape index (κ1) is 18.6. The van der Waals surface area contributed by atoms with Gasteiger partial charge in [-0.1, -0.05) is 6.92 Å². The molecular formula is C17H23F3N2O2. The molecule has 0 spiro atoms. The lowest BCUT2D eigenvalue weighted by molar-refractivity contribution is -0.167. The molecule has 1 aromatic carbocycles. The molecule has 1 fully saturated rings. The van der Waals surface area contributed by atoms with Crippen molar-refractivity contribution in [3.63, 3.8) is 0 Å². The van der Waals surface area contributed by atoms with Gasteiger partial charge >= 0.3 is 12.1 Å². The Morgan fingerprint density at radius 3 is 2.67 bits per heavy atom. The second-order valence-corrected chi connectivity index (χ2v) is 6.23. The number of hydrogen-bond acceptors (Lipinski definition) is 3. The molecule has 4 nitrogen and oxygen atoms in total. The van der Waals surface area contributed by atoms with Crippen LogP contribution in [0.25, 0.3) is 0 Å². The van der Waals surface area contributed by atoms with Crippen LogP contribution in [0.4, 0.5) is 18.9 Å². The number of anilines is 1. The summed E-state index contributed by atoms with van der Waals surface area (Å²) in [7, 11) is 0. The standard InChI is InChI=1S/C17H23F3N2O2/c1-13-4-2-9-22(12-13)10-3-11-24-15-7-5-14(6-8-15)21-16(23)17(18,19)20/h5-8,13H,2-4,9-12H2,1H3,(H,21,23)/t13-/m1/s1. The maximum atomic E-state index is 12.2. The van der Waals surface area contributed by atoms with Gasteiger partial charge in [0.2, 0.25) is 0 Å². The second-order valence-electron chi connectivity index (χ2n) is 6.23. The maximum absolute atomic E-state index is 12.2. The molecule has 1 atom stereocenters. The highest BCUT2D eigenvalue weighted by Crippen LogP contribution is 2.20. The summed E-state index contributed by atoms with van der Waals surface area (Å²) >= 11 is 0. The van der Waals surface area contributed by atoms with Gasteiger partial charge in [-0.25, -0.2) is 0 Å². The molecule has 0 radical (unpaired) electrons. The van der Waals surface area contributed by atoms with Gasteiger partial charge in [0.1, 0.15) is 5.75 Å². The zero-order valence-corrected chi connectivity index (χ0v) is 13.7. The van der Waals surface area contributed by atoms with Crippen LogP contribution in [-0.2, 0) is 4.79 Å². The zero-order chi connectivity index (χ0) is 17.6. The quantitative estimate of drug-likeness (QED) is 0.801. The molecule has 1 N–H and O–H groups in total. The van der Waals surface area contributed by atoms with Crippen molar-refractivity contribution < 1.29 is 22.7 Å². The van der Waals surface area contributed by atoms with E-state index in [1.807, 2.05) is 0 Å². The summed E-state index contributed by atoms with van der Waals surface area (Å²) in [4.78, 5) is 13.3. The second kappa shape index (κ2) is 8.37. The molecule has 0 aliphatic carbocycles. The summed E-state index contributed by atoms with van der Waals surface area (Å²) in [6.07, 6.45) is -1.45. The van der Waals surface area contributed by atoms with E-state index in [4.69, 9.17) is 4.74 Å². The average molecular weight is 344 g/mol. The van der Waals surface area contributed by atoms with Gasteiger partial charge in [0.15, 0.2) is 0 Å². The lowest BCUT2D eigenvalue weighted by Gasteiger charge is -2.30. The van der Waals surface area contributed by atoms with Gasteiger partial charge in [0, 0.05) is 18.8 Å². The van der Waals surface area contributed by atoms with Crippen LogP contribution in [0.2, 0.25) is 0 Å². The van der Waals surface area contributed by atoms with Crippen LogP contribution in [0.3, 0.4) is 0 Å². The number of likely N-dealkylation sites (tertiary alicyclic amines) is 1. The van der Waals surface area contributed by atoms with E-state index in [1.54, 1.807) is 17.4 Å². The number of carbonyl (C=O) groups excluding carboxylic acids is 1. The van der Waals surface area contributed by atoms with Gasteiger partial charge in [0.05, 0.1) is 6.61 Å². The van der Waals surface area contributed by atoms with Crippen molar-refractivity contribution in [1.29, 1.82) is 0 Å². The number of alkyl halides is 3. The van der Waals surface area contributed by atoms with E-state index in [1.165, 1.54) is 25.0 Å². The van der Waals surface area contributed by atoms with E-state index in [2.05, 4.69) is 11.8 Å². The first-order valence-electron chi connectivity index (χ1n) is 8.18. The first-order chi connectivity index (χ1) is 11.3. The van der Waals surface area contributed by atoms with Crippen LogP contribution < -0.4 is 10.1 Å². The summed E-state index contributed by atoms with van der Waals surface area (Å²) in [5, 5.41) is 1.80. The predicted molar refractivity (Wildman–Crippen MR) is 86.1 cm³/mol. The van der Waals surface area contributed by atoms with Crippen molar-refractivity contribution in [2.75, 3.05) is 31.6 Å². The number of hydrogen-bond donors (Lipinski definition) is 1. The minimum atomic E-state index is -4.89. The molecule has 1 aromatic rings. The molecule has 0 unspecified atom stereocenters. The van der Waals surface area contributed by atoms with Crippen LogP contribution in [0.1, 0.15) is 26.2 Å². The zero-order valence-electron chi connectivity index (χ0n) is 13.7.